The number of rotatable bonds is 3. The highest BCUT2D eigenvalue weighted by Crippen LogP contribution is 2.18. The van der Waals surface area contributed by atoms with Crippen molar-refractivity contribution in [3.63, 3.8) is 0 Å². The Kier molecular flexibility index (Phi) is 3.24. The quantitative estimate of drug-likeness (QED) is 0.689. The molecular formula is C11H13N5O2. The van der Waals surface area contributed by atoms with Crippen molar-refractivity contribution in [3.05, 3.63) is 50.7 Å². The van der Waals surface area contributed by atoms with E-state index in [0.717, 1.165) is 11.3 Å². The maximum absolute atomic E-state index is 11.6. The zero-order chi connectivity index (χ0) is 13.1. The van der Waals surface area contributed by atoms with E-state index in [1.54, 1.807) is 11.9 Å². The van der Waals surface area contributed by atoms with Crippen molar-refractivity contribution < 1.29 is 0 Å². The fourth-order valence-electron chi connectivity index (χ4n) is 1.55. The highest BCUT2D eigenvalue weighted by atomic mass is 16.2. The predicted molar refractivity (Wildman–Crippen MR) is 67.9 cm³/mol. The Hall–Kier alpha value is -2.41. The summed E-state index contributed by atoms with van der Waals surface area (Å²) in [6.07, 6.45) is 0. The van der Waals surface area contributed by atoms with Gasteiger partial charge in [-0.1, -0.05) is 12.1 Å². The average Bonchev–Trinajstić information content (AvgIpc) is 2.38. The SMILES string of the molecule is CN(c1ccc(CN)cc1)c1n[nH]c(=O)[nH]c1=O. The Labute approximate surface area is 102 Å². The molecule has 0 atom stereocenters. The minimum atomic E-state index is -0.629. The van der Waals surface area contributed by atoms with Crippen LogP contribution in [-0.4, -0.2) is 22.2 Å². The third-order valence-corrected chi connectivity index (χ3v) is 2.57. The molecule has 0 radical (unpaired) electrons. The largest absolute Gasteiger partial charge is 0.342 e. The maximum atomic E-state index is 11.6. The Morgan fingerprint density at radius 2 is 1.94 bits per heavy atom. The minimum absolute atomic E-state index is 0.120. The molecule has 2 aromatic rings. The normalized spacial score (nSPS) is 10.3. The predicted octanol–water partition coefficient (Wildman–Crippen LogP) is -0.315. The van der Waals surface area contributed by atoms with Crippen molar-refractivity contribution in [2.24, 2.45) is 5.73 Å². The first-order chi connectivity index (χ1) is 8.61. The van der Waals surface area contributed by atoms with Crippen molar-refractivity contribution in [1.29, 1.82) is 0 Å². The van der Waals surface area contributed by atoms with Gasteiger partial charge in [-0.2, -0.15) is 0 Å². The molecule has 2 rings (SSSR count). The molecule has 1 aromatic carbocycles. The van der Waals surface area contributed by atoms with Crippen LogP contribution in [0.4, 0.5) is 11.5 Å². The Balaban J connectivity index is 2.37. The van der Waals surface area contributed by atoms with Crippen LogP contribution in [0.1, 0.15) is 5.56 Å². The number of benzene rings is 1. The highest BCUT2D eigenvalue weighted by molar-refractivity contribution is 5.58. The van der Waals surface area contributed by atoms with Crippen LogP contribution in [0, 0.1) is 0 Å². The van der Waals surface area contributed by atoms with Gasteiger partial charge < -0.3 is 10.6 Å². The first kappa shape index (κ1) is 12.1. The molecule has 7 heteroatoms. The molecule has 0 unspecified atom stereocenters. The van der Waals surface area contributed by atoms with Crippen LogP contribution in [0.2, 0.25) is 0 Å². The van der Waals surface area contributed by atoms with Crippen molar-refractivity contribution >= 4 is 11.5 Å². The van der Waals surface area contributed by atoms with Crippen molar-refractivity contribution in [2.45, 2.75) is 6.54 Å². The van der Waals surface area contributed by atoms with E-state index in [1.807, 2.05) is 24.3 Å². The van der Waals surface area contributed by atoms with Gasteiger partial charge in [0, 0.05) is 19.3 Å². The van der Waals surface area contributed by atoms with Crippen molar-refractivity contribution in [2.75, 3.05) is 11.9 Å². The van der Waals surface area contributed by atoms with Gasteiger partial charge in [0.15, 0.2) is 0 Å². The van der Waals surface area contributed by atoms with Gasteiger partial charge in [0.2, 0.25) is 5.82 Å². The van der Waals surface area contributed by atoms with E-state index in [9.17, 15) is 9.59 Å². The van der Waals surface area contributed by atoms with Gasteiger partial charge in [-0.05, 0) is 17.7 Å². The topological polar surface area (TPSA) is 108 Å². The number of nitrogens with zero attached hydrogens (tertiary/aromatic N) is 2. The lowest BCUT2D eigenvalue weighted by atomic mass is 10.2. The lowest BCUT2D eigenvalue weighted by molar-refractivity contribution is 0.871. The van der Waals surface area contributed by atoms with Gasteiger partial charge in [-0.25, -0.2) is 9.89 Å². The van der Waals surface area contributed by atoms with Gasteiger partial charge >= 0.3 is 5.69 Å². The van der Waals surface area contributed by atoms with Crippen molar-refractivity contribution in [3.8, 4) is 0 Å². The summed E-state index contributed by atoms with van der Waals surface area (Å²) in [5, 5.41) is 5.91. The molecule has 4 N–H and O–H groups in total. The molecule has 0 saturated heterocycles. The van der Waals surface area contributed by atoms with Gasteiger partial charge in [0.25, 0.3) is 5.56 Å². The van der Waals surface area contributed by atoms with E-state index in [0.29, 0.717) is 6.54 Å². The smallest absolute Gasteiger partial charge is 0.326 e. The molecule has 0 aliphatic heterocycles. The van der Waals surface area contributed by atoms with Crippen LogP contribution in [0.15, 0.2) is 33.9 Å². The lowest BCUT2D eigenvalue weighted by Crippen LogP contribution is -2.29. The number of aromatic nitrogens is 3. The summed E-state index contributed by atoms with van der Waals surface area (Å²) in [5.74, 6) is 0.120. The molecule has 0 aliphatic carbocycles. The first-order valence-corrected chi connectivity index (χ1v) is 5.33. The second-order valence-electron chi connectivity index (χ2n) is 3.76. The summed E-state index contributed by atoms with van der Waals surface area (Å²) in [7, 11) is 1.69. The molecule has 0 bridgehead atoms. The van der Waals surface area contributed by atoms with Gasteiger partial charge in [-0.15, -0.1) is 5.10 Å². The van der Waals surface area contributed by atoms with Crippen LogP contribution in [0.5, 0.6) is 0 Å². The molecule has 0 fully saturated rings. The number of hydrogen-bond donors (Lipinski definition) is 3. The summed E-state index contributed by atoms with van der Waals surface area (Å²) in [6, 6.07) is 7.39. The van der Waals surface area contributed by atoms with Gasteiger partial charge in [0.05, 0.1) is 0 Å². The Morgan fingerprint density at radius 3 is 2.50 bits per heavy atom. The molecule has 1 heterocycles. The van der Waals surface area contributed by atoms with Crippen molar-refractivity contribution in [1.82, 2.24) is 15.2 Å². The Morgan fingerprint density at radius 1 is 1.28 bits per heavy atom. The van der Waals surface area contributed by atoms with Gasteiger partial charge in [0.1, 0.15) is 0 Å². The molecule has 94 valence electrons. The molecule has 18 heavy (non-hydrogen) atoms. The number of aromatic amines is 2. The molecule has 0 saturated carbocycles. The van der Waals surface area contributed by atoms with Crippen LogP contribution in [0.3, 0.4) is 0 Å². The summed E-state index contributed by atoms with van der Waals surface area (Å²) < 4.78 is 0. The second kappa shape index (κ2) is 4.84. The van der Waals surface area contributed by atoms with E-state index >= 15 is 0 Å². The second-order valence-corrected chi connectivity index (χ2v) is 3.76. The lowest BCUT2D eigenvalue weighted by Gasteiger charge is -2.16. The number of nitrogens with two attached hydrogens (primary N) is 1. The summed E-state index contributed by atoms with van der Waals surface area (Å²) in [5.41, 5.74) is 6.11. The summed E-state index contributed by atoms with van der Waals surface area (Å²) in [4.78, 5) is 26.2. The van der Waals surface area contributed by atoms with Crippen LogP contribution in [0.25, 0.3) is 0 Å². The third-order valence-electron chi connectivity index (χ3n) is 2.57. The molecular weight excluding hydrogens is 234 g/mol. The highest BCUT2D eigenvalue weighted by Gasteiger charge is 2.10. The zero-order valence-electron chi connectivity index (χ0n) is 9.80. The van der Waals surface area contributed by atoms with E-state index in [4.69, 9.17) is 5.73 Å². The van der Waals surface area contributed by atoms with E-state index in [1.165, 1.54) is 0 Å². The number of anilines is 2. The molecule has 0 aliphatic rings. The fourth-order valence-corrected chi connectivity index (χ4v) is 1.55. The maximum Gasteiger partial charge on any atom is 0.342 e. The van der Waals surface area contributed by atoms with E-state index in [2.05, 4.69) is 15.2 Å². The molecule has 0 spiro atoms. The fraction of sp³-hybridized carbons (Fsp3) is 0.182. The van der Waals surface area contributed by atoms with Crippen LogP contribution < -0.4 is 21.9 Å². The molecule has 1 aromatic heterocycles. The minimum Gasteiger partial charge on any atom is -0.326 e. The van der Waals surface area contributed by atoms with Crippen LogP contribution in [-0.2, 0) is 6.54 Å². The monoisotopic (exact) mass is 247 g/mol. The summed E-state index contributed by atoms with van der Waals surface area (Å²) in [6.45, 7) is 0.460. The Bertz CT molecular complexity index is 643. The van der Waals surface area contributed by atoms with Gasteiger partial charge in [-0.3, -0.25) is 9.78 Å². The van der Waals surface area contributed by atoms with E-state index < -0.39 is 11.2 Å². The number of nitrogens with one attached hydrogen (secondary N) is 2. The molecule has 0 amide bonds. The third kappa shape index (κ3) is 2.30. The standard InChI is InChI=1S/C11H13N5O2/c1-16(8-4-2-7(6-12)3-5-8)9-10(17)13-11(18)15-14-9/h2-5H,6,12H2,1H3,(H2,13,15,17,18). The van der Waals surface area contributed by atoms with Crippen LogP contribution >= 0.6 is 0 Å². The number of hydrogen-bond acceptors (Lipinski definition) is 5. The molecule has 7 nitrogen and oxygen atoms in total. The zero-order valence-corrected chi connectivity index (χ0v) is 9.80. The first-order valence-electron chi connectivity index (χ1n) is 5.33. The average molecular weight is 247 g/mol. The summed E-state index contributed by atoms with van der Waals surface area (Å²) >= 11 is 0. The number of H-pyrrole nitrogens is 2. The van der Waals surface area contributed by atoms with E-state index in [-0.39, 0.29) is 5.82 Å².